The van der Waals surface area contributed by atoms with E-state index in [1.807, 2.05) is 0 Å². The summed E-state index contributed by atoms with van der Waals surface area (Å²) in [4.78, 5) is 28.4. The predicted octanol–water partition coefficient (Wildman–Crippen LogP) is 0.426. The summed E-state index contributed by atoms with van der Waals surface area (Å²) in [5.41, 5.74) is 2.06. The number of pyridine rings is 1. The van der Waals surface area contributed by atoms with Gasteiger partial charge in [-0.2, -0.15) is 17.6 Å². The Hall–Kier alpha value is -3.09. The lowest BCUT2D eigenvalue weighted by Gasteiger charge is -2.32. The van der Waals surface area contributed by atoms with Crippen molar-refractivity contribution in [3.63, 3.8) is 0 Å². The average Bonchev–Trinajstić information content (AvgIpc) is 3.03. The Bertz CT molecular complexity index is 1190. The molecular formula is C21H23B3F5N3O4. The van der Waals surface area contributed by atoms with Crippen molar-refractivity contribution in [2.45, 2.75) is 42.9 Å². The first-order valence-electron chi connectivity index (χ1n) is 10.9. The fourth-order valence-corrected chi connectivity index (χ4v) is 4.10. The maximum Gasteiger partial charge on any atom is 0.417 e. The molecule has 0 bridgehead atoms. The maximum atomic E-state index is 14.9. The van der Waals surface area contributed by atoms with Gasteiger partial charge < -0.3 is 20.5 Å². The highest BCUT2D eigenvalue weighted by atomic mass is 19.4. The highest BCUT2D eigenvalue weighted by Gasteiger charge is 2.66. The Kier molecular flexibility index (Phi) is 7.19. The van der Waals surface area contributed by atoms with Gasteiger partial charge in [-0.3, -0.25) is 14.6 Å². The molecule has 15 heteroatoms. The minimum absolute atomic E-state index is 0.0240. The molecule has 2 heterocycles. The average molecular weight is 509 g/mol. The first-order chi connectivity index (χ1) is 16.5. The summed E-state index contributed by atoms with van der Waals surface area (Å²) in [7, 11) is 4.67. The molecule has 190 valence electrons. The van der Waals surface area contributed by atoms with Gasteiger partial charge in [0.2, 0.25) is 5.82 Å². The molecule has 0 aliphatic carbocycles. The number of alkyl halides is 3. The van der Waals surface area contributed by atoms with Crippen molar-refractivity contribution in [1.29, 1.82) is 0 Å². The van der Waals surface area contributed by atoms with Crippen LogP contribution >= 0.6 is 0 Å². The van der Waals surface area contributed by atoms with E-state index in [4.69, 9.17) is 15.2 Å². The molecule has 3 N–H and O–H groups in total. The van der Waals surface area contributed by atoms with Gasteiger partial charge in [0.1, 0.15) is 35.3 Å². The van der Waals surface area contributed by atoms with E-state index in [0.29, 0.717) is 0 Å². The fourth-order valence-electron chi connectivity index (χ4n) is 4.10. The van der Waals surface area contributed by atoms with Crippen LogP contribution in [-0.2, 0) is 9.53 Å². The van der Waals surface area contributed by atoms with Gasteiger partial charge in [-0.25, -0.2) is 4.39 Å². The Balaban J connectivity index is 2.12. The van der Waals surface area contributed by atoms with Crippen LogP contribution in [0.5, 0.6) is 5.75 Å². The fraction of sp³-hybridized carbons (Fsp3) is 0.381. The molecule has 1 fully saturated rings. The van der Waals surface area contributed by atoms with E-state index in [1.165, 1.54) is 19.2 Å². The zero-order valence-electron chi connectivity index (χ0n) is 20.2. The van der Waals surface area contributed by atoms with Crippen LogP contribution in [-0.4, -0.2) is 63.5 Å². The number of halogens is 5. The molecular weight excluding hydrogens is 486 g/mol. The summed E-state index contributed by atoms with van der Waals surface area (Å²) in [6.45, 7) is 2.00. The lowest BCUT2D eigenvalue weighted by molar-refractivity contribution is -0.272. The van der Waals surface area contributed by atoms with Gasteiger partial charge >= 0.3 is 6.18 Å². The molecule has 2 aromatic rings. The number of rotatable bonds is 6. The second-order valence-corrected chi connectivity index (χ2v) is 9.74. The Morgan fingerprint density at radius 1 is 1.19 bits per heavy atom. The SMILES string of the molecule is BC(B)(B)Oc1c([C@H]2[C@H](C(=O)Nc3ccnc(C(N)=O)c3)O[C@@](C)(C(F)(F)F)[C@H]2C)ccc(F)c1F. The van der Waals surface area contributed by atoms with E-state index >= 15 is 0 Å². The highest BCUT2D eigenvalue weighted by Crippen LogP contribution is 2.55. The monoisotopic (exact) mass is 509 g/mol. The first-order valence-corrected chi connectivity index (χ1v) is 10.9. The summed E-state index contributed by atoms with van der Waals surface area (Å²) in [5.74, 6) is -7.96. The zero-order chi connectivity index (χ0) is 27.2. The van der Waals surface area contributed by atoms with Crippen LogP contribution in [0.4, 0.5) is 27.6 Å². The van der Waals surface area contributed by atoms with Crippen molar-refractivity contribution in [3.05, 3.63) is 53.4 Å². The number of aromatic nitrogens is 1. The molecule has 0 radical (unpaired) electrons. The molecule has 0 saturated carbocycles. The molecule has 1 aromatic heterocycles. The minimum atomic E-state index is -4.90. The number of benzene rings is 1. The number of carbonyl (C=O) groups excluding carboxylic acids is 2. The van der Waals surface area contributed by atoms with Crippen molar-refractivity contribution in [2.75, 3.05) is 5.32 Å². The van der Waals surface area contributed by atoms with Crippen LogP contribution < -0.4 is 15.8 Å². The van der Waals surface area contributed by atoms with Crippen LogP contribution in [0, 0.1) is 17.6 Å². The third kappa shape index (κ3) is 5.20. The number of amides is 2. The van der Waals surface area contributed by atoms with Crippen molar-refractivity contribution in [3.8, 4) is 5.75 Å². The van der Waals surface area contributed by atoms with Crippen LogP contribution in [0.25, 0.3) is 0 Å². The van der Waals surface area contributed by atoms with Gasteiger partial charge in [-0.15, -0.1) is 0 Å². The lowest BCUT2D eigenvalue weighted by Crippen LogP contribution is -2.47. The van der Waals surface area contributed by atoms with E-state index in [1.54, 1.807) is 23.5 Å². The van der Waals surface area contributed by atoms with E-state index < -0.39 is 64.2 Å². The van der Waals surface area contributed by atoms with Crippen molar-refractivity contribution >= 4 is 41.0 Å². The number of carbonyl (C=O) groups is 2. The zero-order valence-corrected chi connectivity index (χ0v) is 20.2. The van der Waals surface area contributed by atoms with Crippen molar-refractivity contribution < 1.29 is 41.0 Å². The molecule has 1 aliphatic heterocycles. The number of nitrogens with one attached hydrogen (secondary N) is 1. The predicted molar refractivity (Wildman–Crippen MR) is 128 cm³/mol. The topological polar surface area (TPSA) is 104 Å². The minimum Gasteiger partial charge on any atom is -0.510 e. The van der Waals surface area contributed by atoms with Crippen molar-refractivity contribution in [1.82, 2.24) is 4.98 Å². The molecule has 0 unspecified atom stereocenters. The molecule has 2 amide bonds. The van der Waals surface area contributed by atoms with Crippen LogP contribution in [0.3, 0.4) is 0 Å². The summed E-state index contributed by atoms with van der Waals surface area (Å²) in [6, 6.07) is 4.28. The largest absolute Gasteiger partial charge is 0.510 e. The maximum absolute atomic E-state index is 14.9. The number of hydrogen-bond acceptors (Lipinski definition) is 5. The normalized spacial score (nSPS) is 24.4. The lowest BCUT2D eigenvalue weighted by atomic mass is 9.52. The van der Waals surface area contributed by atoms with E-state index in [2.05, 4.69) is 10.3 Å². The summed E-state index contributed by atoms with van der Waals surface area (Å²) in [6.07, 6.45) is -5.52. The van der Waals surface area contributed by atoms with Crippen LogP contribution in [0.15, 0.2) is 30.5 Å². The smallest absolute Gasteiger partial charge is 0.417 e. The van der Waals surface area contributed by atoms with Gasteiger partial charge in [0.25, 0.3) is 11.8 Å². The van der Waals surface area contributed by atoms with Gasteiger partial charge in [0, 0.05) is 34.6 Å². The molecule has 36 heavy (non-hydrogen) atoms. The quantitative estimate of drug-likeness (QED) is 0.435. The second kappa shape index (κ2) is 9.42. The number of nitrogens with zero attached hydrogens (tertiary/aromatic N) is 1. The second-order valence-electron chi connectivity index (χ2n) is 9.74. The standard InChI is InChI=1S/C21H23B3F5N3O4/c1-8-13(10-3-4-11(25)14(26)15(10)36-21(22,23)24)16(35-19(8,2)20(27,28)29)18(34)32-9-5-6-31-12(7-9)17(30)33/h3-8,13,16H,22-24H2,1-2H3,(H2,30,33)(H,31,32,34)/t8-,13-,16+,19+/m0/s1. The summed E-state index contributed by atoms with van der Waals surface area (Å²) < 4.78 is 82.3. The molecule has 7 nitrogen and oxygen atoms in total. The Labute approximate surface area is 206 Å². The molecule has 1 saturated heterocycles. The molecule has 3 rings (SSSR count). The number of primary amides is 1. The molecule has 0 spiro atoms. The van der Waals surface area contributed by atoms with Crippen LogP contribution in [0.2, 0.25) is 0 Å². The summed E-state index contributed by atoms with van der Waals surface area (Å²) >= 11 is 0. The Morgan fingerprint density at radius 3 is 2.39 bits per heavy atom. The third-order valence-corrected chi connectivity index (χ3v) is 6.05. The van der Waals surface area contributed by atoms with Crippen molar-refractivity contribution in [2.24, 2.45) is 11.7 Å². The number of nitrogens with two attached hydrogens (primary N) is 1. The molecule has 4 atom stereocenters. The van der Waals surface area contributed by atoms with Gasteiger partial charge in [-0.1, -0.05) is 13.0 Å². The number of ether oxygens (including phenoxy) is 2. The number of hydrogen-bond donors (Lipinski definition) is 2. The molecule has 1 aromatic carbocycles. The number of anilines is 1. The van der Waals surface area contributed by atoms with Gasteiger partial charge in [-0.05, 0) is 25.1 Å². The van der Waals surface area contributed by atoms with Gasteiger partial charge in [0.05, 0.1) is 0 Å². The highest BCUT2D eigenvalue weighted by molar-refractivity contribution is 6.58. The van der Waals surface area contributed by atoms with Crippen LogP contribution in [0.1, 0.15) is 35.8 Å². The summed E-state index contributed by atoms with van der Waals surface area (Å²) in [5, 5.41) is 1.35. The third-order valence-electron chi connectivity index (χ3n) is 6.05. The first kappa shape index (κ1) is 27.5. The van der Waals surface area contributed by atoms with Gasteiger partial charge in [0.15, 0.2) is 17.2 Å². The van der Waals surface area contributed by atoms with E-state index in [-0.39, 0.29) is 16.9 Å². The van der Waals surface area contributed by atoms with E-state index in [0.717, 1.165) is 25.1 Å². The molecule has 1 aliphatic rings. The Morgan fingerprint density at radius 2 is 1.83 bits per heavy atom. The van der Waals surface area contributed by atoms with E-state index in [9.17, 15) is 31.5 Å².